The van der Waals surface area contributed by atoms with Crippen molar-refractivity contribution in [2.24, 2.45) is 0 Å². The SMILES string of the molecule is CCOc1ccccc1C(=O)OCC(=O)Nc1ccccc1Oc1ccccc1. The number of carbonyl (C=O) groups excluding carboxylic acids is 2. The van der Waals surface area contributed by atoms with E-state index in [9.17, 15) is 9.59 Å². The number of ether oxygens (including phenoxy) is 3. The predicted molar refractivity (Wildman–Crippen MR) is 109 cm³/mol. The predicted octanol–water partition coefficient (Wildman–Crippen LogP) is 4.67. The first-order chi connectivity index (χ1) is 14.2. The van der Waals surface area contributed by atoms with Crippen LogP contribution in [0.3, 0.4) is 0 Å². The largest absolute Gasteiger partial charge is 0.493 e. The van der Waals surface area contributed by atoms with Gasteiger partial charge in [0.2, 0.25) is 0 Å². The molecule has 3 rings (SSSR count). The van der Waals surface area contributed by atoms with Crippen LogP contribution in [0.15, 0.2) is 78.9 Å². The minimum Gasteiger partial charge on any atom is -0.493 e. The first kappa shape index (κ1) is 19.9. The van der Waals surface area contributed by atoms with Gasteiger partial charge in [-0.1, -0.05) is 42.5 Å². The molecule has 3 aromatic rings. The van der Waals surface area contributed by atoms with Gasteiger partial charge in [0.25, 0.3) is 5.91 Å². The van der Waals surface area contributed by atoms with Gasteiger partial charge in [0.05, 0.1) is 12.3 Å². The van der Waals surface area contributed by atoms with Crippen LogP contribution in [0.4, 0.5) is 5.69 Å². The Balaban J connectivity index is 1.61. The summed E-state index contributed by atoms with van der Waals surface area (Å²) in [5, 5.41) is 2.70. The summed E-state index contributed by atoms with van der Waals surface area (Å²) in [4.78, 5) is 24.6. The third-order valence-electron chi connectivity index (χ3n) is 3.87. The van der Waals surface area contributed by atoms with Crippen molar-refractivity contribution in [1.29, 1.82) is 0 Å². The van der Waals surface area contributed by atoms with Crippen LogP contribution in [0.25, 0.3) is 0 Å². The van der Waals surface area contributed by atoms with E-state index in [1.165, 1.54) is 0 Å². The minimum absolute atomic E-state index is 0.273. The van der Waals surface area contributed by atoms with E-state index in [1.54, 1.807) is 48.5 Å². The summed E-state index contributed by atoms with van der Waals surface area (Å²) in [6, 6.07) is 23.0. The first-order valence-electron chi connectivity index (χ1n) is 9.18. The monoisotopic (exact) mass is 391 g/mol. The second-order valence-electron chi connectivity index (χ2n) is 5.96. The van der Waals surface area contributed by atoms with E-state index >= 15 is 0 Å². The van der Waals surface area contributed by atoms with Gasteiger partial charge in [-0.05, 0) is 43.3 Å². The molecule has 29 heavy (non-hydrogen) atoms. The standard InChI is InChI=1S/C23H21NO5/c1-2-27-20-14-8-6-12-18(20)23(26)28-16-22(25)24-19-13-7-9-15-21(19)29-17-10-4-3-5-11-17/h3-15H,2,16H2,1H3,(H,24,25). The number of amides is 1. The number of rotatable bonds is 8. The molecule has 6 nitrogen and oxygen atoms in total. The highest BCUT2D eigenvalue weighted by atomic mass is 16.5. The summed E-state index contributed by atoms with van der Waals surface area (Å²) < 4.78 is 16.4. The van der Waals surface area contributed by atoms with Crippen LogP contribution in [0.1, 0.15) is 17.3 Å². The number of hydrogen-bond acceptors (Lipinski definition) is 5. The van der Waals surface area contributed by atoms with Gasteiger partial charge in [-0.25, -0.2) is 4.79 Å². The molecule has 0 heterocycles. The maximum absolute atomic E-state index is 12.3. The maximum atomic E-state index is 12.3. The quantitative estimate of drug-likeness (QED) is 0.565. The highest BCUT2D eigenvalue weighted by Gasteiger charge is 2.16. The third-order valence-corrected chi connectivity index (χ3v) is 3.87. The van der Waals surface area contributed by atoms with Crippen LogP contribution in [0.2, 0.25) is 0 Å². The van der Waals surface area contributed by atoms with Crippen molar-refractivity contribution < 1.29 is 23.8 Å². The zero-order chi connectivity index (χ0) is 20.5. The molecule has 0 fully saturated rings. The summed E-state index contributed by atoms with van der Waals surface area (Å²) in [6.07, 6.45) is 0. The van der Waals surface area contributed by atoms with Gasteiger partial charge < -0.3 is 19.5 Å². The van der Waals surface area contributed by atoms with E-state index in [1.807, 2.05) is 37.3 Å². The number of esters is 1. The molecule has 0 radical (unpaired) electrons. The molecule has 0 aliphatic heterocycles. The Hall–Kier alpha value is -3.80. The summed E-state index contributed by atoms with van der Waals surface area (Å²) in [7, 11) is 0. The molecule has 0 atom stereocenters. The Morgan fingerprint density at radius 2 is 1.48 bits per heavy atom. The van der Waals surface area contributed by atoms with E-state index in [0.29, 0.717) is 29.5 Å². The molecule has 1 N–H and O–H groups in total. The Labute approximate surface area is 169 Å². The average Bonchev–Trinajstić information content (AvgIpc) is 2.75. The van der Waals surface area contributed by atoms with Crippen LogP contribution in [0, 0.1) is 0 Å². The lowest BCUT2D eigenvalue weighted by Gasteiger charge is -2.13. The van der Waals surface area contributed by atoms with Gasteiger partial charge in [0.15, 0.2) is 12.4 Å². The number of nitrogens with one attached hydrogen (secondary N) is 1. The fraction of sp³-hybridized carbons (Fsp3) is 0.130. The highest BCUT2D eigenvalue weighted by molar-refractivity contribution is 5.97. The Morgan fingerprint density at radius 1 is 0.828 bits per heavy atom. The topological polar surface area (TPSA) is 73.9 Å². The Kier molecular flexibility index (Phi) is 6.84. The number of para-hydroxylation sites is 4. The molecule has 6 heteroatoms. The van der Waals surface area contributed by atoms with Crippen molar-refractivity contribution in [3.63, 3.8) is 0 Å². The summed E-state index contributed by atoms with van der Waals surface area (Å²) >= 11 is 0. The summed E-state index contributed by atoms with van der Waals surface area (Å²) in [5.74, 6) is 0.449. The average molecular weight is 391 g/mol. The van der Waals surface area contributed by atoms with Crippen molar-refractivity contribution >= 4 is 17.6 Å². The van der Waals surface area contributed by atoms with Gasteiger partial charge in [0, 0.05) is 0 Å². The maximum Gasteiger partial charge on any atom is 0.342 e. The van der Waals surface area contributed by atoms with E-state index in [-0.39, 0.29) is 5.56 Å². The fourth-order valence-corrected chi connectivity index (χ4v) is 2.59. The van der Waals surface area contributed by atoms with Crippen molar-refractivity contribution in [1.82, 2.24) is 0 Å². The van der Waals surface area contributed by atoms with Gasteiger partial charge >= 0.3 is 5.97 Å². The summed E-state index contributed by atoms with van der Waals surface area (Å²) in [5.41, 5.74) is 0.752. The van der Waals surface area contributed by atoms with Gasteiger partial charge in [-0.15, -0.1) is 0 Å². The highest BCUT2D eigenvalue weighted by Crippen LogP contribution is 2.29. The smallest absolute Gasteiger partial charge is 0.342 e. The summed E-state index contributed by atoms with van der Waals surface area (Å²) in [6.45, 7) is 1.81. The van der Waals surface area contributed by atoms with Gasteiger partial charge in [-0.2, -0.15) is 0 Å². The molecule has 0 saturated heterocycles. The molecule has 0 unspecified atom stereocenters. The van der Waals surface area contributed by atoms with E-state index < -0.39 is 18.5 Å². The lowest BCUT2D eigenvalue weighted by atomic mass is 10.2. The molecule has 3 aromatic carbocycles. The van der Waals surface area contributed by atoms with Crippen LogP contribution in [-0.2, 0) is 9.53 Å². The van der Waals surface area contributed by atoms with Crippen molar-refractivity contribution in [2.45, 2.75) is 6.92 Å². The molecule has 0 bridgehead atoms. The molecule has 148 valence electrons. The van der Waals surface area contributed by atoms with E-state index in [4.69, 9.17) is 14.2 Å². The number of hydrogen-bond donors (Lipinski definition) is 1. The van der Waals surface area contributed by atoms with Crippen LogP contribution in [-0.4, -0.2) is 25.1 Å². The van der Waals surface area contributed by atoms with Gasteiger partial charge in [-0.3, -0.25) is 4.79 Å². The third kappa shape index (κ3) is 5.59. The molecule has 0 aliphatic rings. The number of benzene rings is 3. The van der Waals surface area contributed by atoms with Gasteiger partial charge in [0.1, 0.15) is 17.1 Å². The molecule has 1 amide bonds. The zero-order valence-electron chi connectivity index (χ0n) is 16.0. The van der Waals surface area contributed by atoms with E-state index in [0.717, 1.165) is 0 Å². The zero-order valence-corrected chi connectivity index (χ0v) is 16.0. The van der Waals surface area contributed by atoms with Crippen molar-refractivity contribution in [2.75, 3.05) is 18.5 Å². The molecule has 0 aromatic heterocycles. The number of anilines is 1. The van der Waals surface area contributed by atoms with Crippen molar-refractivity contribution in [3.05, 3.63) is 84.4 Å². The Bertz CT molecular complexity index is 972. The normalized spacial score (nSPS) is 10.1. The van der Waals surface area contributed by atoms with Crippen LogP contribution < -0.4 is 14.8 Å². The molecular weight excluding hydrogens is 370 g/mol. The van der Waals surface area contributed by atoms with Crippen LogP contribution in [0.5, 0.6) is 17.2 Å². The second kappa shape index (κ2) is 9.94. The fourth-order valence-electron chi connectivity index (χ4n) is 2.59. The second-order valence-corrected chi connectivity index (χ2v) is 5.96. The molecule has 0 aliphatic carbocycles. The lowest BCUT2D eigenvalue weighted by Crippen LogP contribution is -2.21. The van der Waals surface area contributed by atoms with Crippen molar-refractivity contribution in [3.8, 4) is 17.2 Å². The van der Waals surface area contributed by atoms with E-state index in [2.05, 4.69) is 5.32 Å². The molecule has 0 spiro atoms. The lowest BCUT2D eigenvalue weighted by molar-refractivity contribution is -0.119. The number of carbonyl (C=O) groups is 2. The minimum atomic E-state index is -0.627. The Morgan fingerprint density at radius 3 is 2.24 bits per heavy atom. The van der Waals surface area contributed by atoms with Crippen LogP contribution >= 0.6 is 0 Å². The molecular formula is C23H21NO5. The first-order valence-corrected chi connectivity index (χ1v) is 9.18. The molecule has 0 saturated carbocycles.